The zero-order chi connectivity index (χ0) is 31.1. The van der Waals surface area contributed by atoms with Gasteiger partial charge in [-0.15, -0.1) is 0 Å². The van der Waals surface area contributed by atoms with E-state index in [-0.39, 0.29) is 29.4 Å². The average molecular weight is 609 g/mol. The number of fused-ring (bicyclic) bond motifs is 6. The molecule has 1 saturated carbocycles. The summed E-state index contributed by atoms with van der Waals surface area (Å²) in [5.74, 6) is 0.441. The van der Waals surface area contributed by atoms with Gasteiger partial charge in [-0.3, -0.25) is 9.69 Å². The number of methoxy groups -OCH3 is 6. The van der Waals surface area contributed by atoms with Gasteiger partial charge >= 0.3 is 11.9 Å². The van der Waals surface area contributed by atoms with Crippen molar-refractivity contribution >= 4 is 22.8 Å². The molecule has 3 aliphatic rings. The summed E-state index contributed by atoms with van der Waals surface area (Å²) in [4.78, 5) is 33.1. The molecule has 44 heavy (non-hydrogen) atoms. The molecule has 1 aliphatic carbocycles. The van der Waals surface area contributed by atoms with Crippen molar-refractivity contribution in [3.05, 3.63) is 47.2 Å². The minimum atomic E-state index is -0.670. The highest BCUT2D eigenvalue weighted by atomic mass is 16.6. The van der Waals surface area contributed by atoms with E-state index in [4.69, 9.17) is 33.2 Å². The van der Waals surface area contributed by atoms with Crippen LogP contribution in [0.2, 0.25) is 0 Å². The largest absolute Gasteiger partial charge is 0.497 e. The smallest absolute Gasteiger partial charge is 0.338 e. The van der Waals surface area contributed by atoms with Crippen molar-refractivity contribution in [1.29, 1.82) is 0 Å². The highest BCUT2D eigenvalue weighted by Crippen LogP contribution is 2.51. The second-order valence-electron chi connectivity index (χ2n) is 11.7. The van der Waals surface area contributed by atoms with Crippen molar-refractivity contribution in [2.75, 3.05) is 55.7 Å². The van der Waals surface area contributed by atoms with E-state index in [1.165, 1.54) is 45.1 Å². The number of H-pyrrole nitrogens is 1. The summed E-state index contributed by atoms with van der Waals surface area (Å²) >= 11 is 0. The molecule has 2 aromatic carbocycles. The molecule has 0 amide bonds. The summed E-state index contributed by atoms with van der Waals surface area (Å²) in [6, 6.07) is 9.40. The predicted molar refractivity (Wildman–Crippen MR) is 161 cm³/mol. The number of aromatic amines is 1. The van der Waals surface area contributed by atoms with Crippen LogP contribution in [0.25, 0.3) is 10.9 Å². The minimum Gasteiger partial charge on any atom is -0.497 e. The van der Waals surface area contributed by atoms with Crippen molar-refractivity contribution in [1.82, 2.24) is 9.88 Å². The second-order valence-corrected chi connectivity index (χ2v) is 11.7. The Labute approximate surface area is 256 Å². The molecule has 0 unspecified atom stereocenters. The fourth-order valence-corrected chi connectivity index (χ4v) is 7.76. The zero-order valence-electron chi connectivity index (χ0n) is 26.0. The normalized spacial score (nSPS) is 26.1. The fourth-order valence-electron chi connectivity index (χ4n) is 7.76. The molecule has 1 saturated heterocycles. The number of carbonyl (C=O) groups excluding carboxylic acids is 2. The maximum absolute atomic E-state index is 13.5. The van der Waals surface area contributed by atoms with Crippen molar-refractivity contribution in [3.63, 3.8) is 0 Å². The predicted octanol–water partition coefficient (Wildman–Crippen LogP) is 4.17. The molecule has 2 fully saturated rings. The summed E-state index contributed by atoms with van der Waals surface area (Å²) in [5.41, 5.74) is 3.83. The fraction of sp³-hybridized carbons (Fsp3) is 0.515. The lowest BCUT2D eigenvalue weighted by Gasteiger charge is -2.52. The molecule has 1 N–H and O–H groups in total. The first kappa shape index (κ1) is 30.1. The van der Waals surface area contributed by atoms with Crippen LogP contribution < -0.4 is 18.9 Å². The van der Waals surface area contributed by atoms with Crippen LogP contribution in [0.3, 0.4) is 0 Å². The average Bonchev–Trinajstić information content (AvgIpc) is 3.43. The standard InChI is InChI=1S/C33H40N2O9/c1-38-19-7-8-20-21-9-10-35-16-18-13-27(44-32(36)17-11-25(39-2)30(41-4)26(12-17)40-3)31(42-5)28(33(37)43-6)22(18)15-24(35)29(21)34-23(20)14-19/h7-8,11-12,14,18,22,24,27-28,31,34H,9-10,13,15-16H2,1-6H3/t18-,22+,24+,27+,28-,31-/m0/s1. The number of esters is 2. The Bertz CT molecular complexity index is 1530. The topological polar surface area (TPSA) is 118 Å². The Kier molecular flexibility index (Phi) is 8.34. The van der Waals surface area contributed by atoms with Crippen molar-refractivity contribution in [3.8, 4) is 23.0 Å². The number of piperidine rings is 1. The van der Waals surface area contributed by atoms with Crippen LogP contribution in [0.5, 0.6) is 23.0 Å². The quantitative estimate of drug-likeness (QED) is 0.374. The lowest BCUT2D eigenvalue weighted by atomic mass is 9.63. The van der Waals surface area contributed by atoms with E-state index in [1.54, 1.807) is 26.4 Å². The highest BCUT2D eigenvalue weighted by Gasteiger charge is 2.54. The molecule has 6 rings (SSSR count). The Morgan fingerprint density at radius 3 is 2.30 bits per heavy atom. The van der Waals surface area contributed by atoms with Gasteiger partial charge in [0.15, 0.2) is 11.5 Å². The van der Waals surface area contributed by atoms with Crippen LogP contribution in [-0.4, -0.2) is 89.8 Å². The number of hydrogen-bond donors (Lipinski definition) is 1. The van der Waals surface area contributed by atoms with Gasteiger partial charge in [0.05, 0.1) is 53.1 Å². The lowest BCUT2D eigenvalue weighted by Crippen LogP contribution is -2.58. The van der Waals surface area contributed by atoms with Crippen molar-refractivity contribution in [2.45, 2.75) is 37.5 Å². The molecule has 6 atom stereocenters. The first-order valence-electron chi connectivity index (χ1n) is 14.9. The second kappa shape index (κ2) is 12.2. The summed E-state index contributed by atoms with van der Waals surface area (Å²) in [6.45, 7) is 1.68. The molecule has 0 radical (unpaired) electrons. The summed E-state index contributed by atoms with van der Waals surface area (Å²) < 4.78 is 39.1. The molecule has 11 nitrogen and oxygen atoms in total. The first-order chi connectivity index (χ1) is 21.3. The summed E-state index contributed by atoms with van der Waals surface area (Å²) in [7, 11) is 9.10. The van der Waals surface area contributed by atoms with E-state index in [9.17, 15) is 9.59 Å². The number of nitrogens with zero attached hydrogens (tertiary/aromatic N) is 1. The highest BCUT2D eigenvalue weighted by molar-refractivity contribution is 5.91. The van der Waals surface area contributed by atoms with Crippen LogP contribution in [0.15, 0.2) is 30.3 Å². The maximum atomic E-state index is 13.5. The van der Waals surface area contributed by atoms with Gasteiger partial charge in [0, 0.05) is 42.9 Å². The first-order valence-corrected chi connectivity index (χ1v) is 14.9. The zero-order valence-corrected chi connectivity index (χ0v) is 26.0. The Balaban J connectivity index is 1.29. The number of nitrogens with one attached hydrogen (secondary N) is 1. The minimum absolute atomic E-state index is 0.0170. The molecule has 3 heterocycles. The third-order valence-corrected chi connectivity index (χ3v) is 9.76. The molecule has 0 spiro atoms. The van der Waals surface area contributed by atoms with Gasteiger partial charge in [-0.05, 0) is 60.9 Å². The van der Waals surface area contributed by atoms with Gasteiger partial charge in [-0.25, -0.2) is 4.79 Å². The van der Waals surface area contributed by atoms with Crippen molar-refractivity contribution < 1.29 is 42.7 Å². The van der Waals surface area contributed by atoms with Gasteiger partial charge in [0.25, 0.3) is 0 Å². The Morgan fingerprint density at radius 2 is 1.66 bits per heavy atom. The van der Waals surface area contributed by atoms with E-state index in [0.29, 0.717) is 23.7 Å². The number of rotatable bonds is 8. The molecule has 2 aliphatic heterocycles. The van der Waals surface area contributed by atoms with Gasteiger partial charge in [0.1, 0.15) is 18.0 Å². The number of carbonyl (C=O) groups is 2. The molecule has 0 bridgehead atoms. The van der Waals surface area contributed by atoms with E-state index < -0.39 is 24.1 Å². The molecule has 3 aromatic rings. The van der Waals surface area contributed by atoms with Gasteiger partial charge in [-0.2, -0.15) is 0 Å². The summed E-state index contributed by atoms with van der Waals surface area (Å²) in [5, 5.41) is 1.21. The van der Waals surface area contributed by atoms with Gasteiger partial charge in [-0.1, -0.05) is 0 Å². The van der Waals surface area contributed by atoms with E-state index in [1.807, 2.05) is 12.1 Å². The number of ether oxygens (including phenoxy) is 7. The molecular weight excluding hydrogens is 568 g/mol. The molecule has 236 valence electrons. The third-order valence-electron chi connectivity index (χ3n) is 9.76. The molecule has 1 aromatic heterocycles. The van der Waals surface area contributed by atoms with E-state index in [2.05, 4.69) is 16.0 Å². The van der Waals surface area contributed by atoms with Crippen molar-refractivity contribution in [2.24, 2.45) is 17.8 Å². The Morgan fingerprint density at radius 1 is 0.909 bits per heavy atom. The Hall–Kier alpha value is -3.96. The van der Waals surface area contributed by atoms with E-state index in [0.717, 1.165) is 37.2 Å². The monoisotopic (exact) mass is 608 g/mol. The van der Waals surface area contributed by atoms with E-state index >= 15 is 0 Å². The lowest BCUT2D eigenvalue weighted by molar-refractivity contribution is -0.176. The molecular formula is C33H40N2O9. The van der Waals surface area contributed by atoms with Crippen LogP contribution >= 0.6 is 0 Å². The maximum Gasteiger partial charge on any atom is 0.338 e. The number of benzene rings is 2. The van der Waals surface area contributed by atoms with Crippen LogP contribution in [-0.2, 0) is 25.4 Å². The van der Waals surface area contributed by atoms with Crippen LogP contribution in [0, 0.1) is 17.8 Å². The van der Waals surface area contributed by atoms with Crippen LogP contribution in [0.1, 0.15) is 40.5 Å². The third kappa shape index (κ3) is 5.01. The van der Waals surface area contributed by atoms with Gasteiger partial charge in [0.2, 0.25) is 5.75 Å². The van der Waals surface area contributed by atoms with Gasteiger partial charge < -0.3 is 38.1 Å². The SMILES string of the molecule is COC(=O)[C@H]1[C@@H]2C[C@@H]3c4[nH]c5cc(OC)ccc5c4CCN3C[C@@H]2C[C@@H](OC(=O)c2cc(OC)c(OC)c(OC)c2)[C@@H]1OC. The number of aromatic nitrogens is 1. The molecule has 11 heteroatoms. The number of hydrogen-bond acceptors (Lipinski definition) is 10. The summed E-state index contributed by atoms with van der Waals surface area (Å²) in [6.07, 6.45) is 0.920. The van der Waals surface area contributed by atoms with Crippen LogP contribution in [0.4, 0.5) is 0 Å².